The van der Waals surface area contributed by atoms with Crippen LogP contribution in [0.3, 0.4) is 0 Å². The van der Waals surface area contributed by atoms with E-state index in [-0.39, 0.29) is 17.9 Å². The largest absolute Gasteiger partial charge is 0.481 e. The Bertz CT molecular complexity index is 897. The fraction of sp³-hybridized carbons (Fsp3) is 0.400. The molecular formula is C20H19F6NOS. The van der Waals surface area contributed by atoms with E-state index in [2.05, 4.69) is 11.8 Å². The Morgan fingerprint density at radius 2 is 1.62 bits per heavy atom. The highest BCUT2D eigenvalue weighted by molar-refractivity contribution is 7.12. The van der Waals surface area contributed by atoms with Crippen LogP contribution in [0.25, 0.3) is 0 Å². The summed E-state index contributed by atoms with van der Waals surface area (Å²) in [6.45, 7) is 3.61. The van der Waals surface area contributed by atoms with Crippen molar-refractivity contribution in [3.63, 3.8) is 0 Å². The minimum Gasteiger partial charge on any atom is -0.481 e. The molecule has 0 saturated heterocycles. The third-order valence-electron chi connectivity index (χ3n) is 3.80. The van der Waals surface area contributed by atoms with Gasteiger partial charge in [0.15, 0.2) is 0 Å². The van der Waals surface area contributed by atoms with Crippen molar-refractivity contribution >= 4 is 11.3 Å². The van der Waals surface area contributed by atoms with Gasteiger partial charge in [0.1, 0.15) is 12.4 Å². The lowest BCUT2D eigenvalue weighted by Gasteiger charge is -2.17. The number of hydrogen-bond donors (Lipinski definition) is 1. The first-order valence-electron chi connectivity index (χ1n) is 8.53. The van der Waals surface area contributed by atoms with Crippen LogP contribution in [-0.2, 0) is 18.8 Å². The zero-order chi connectivity index (χ0) is 21.9. The number of halogens is 6. The molecule has 0 aliphatic heterocycles. The van der Waals surface area contributed by atoms with Crippen LogP contribution in [-0.4, -0.2) is 12.1 Å². The Hall–Kier alpha value is -2.18. The molecule has 1 aromatic carbocycles. The number of alkyl halides is 6. The molecule has 0 unspecified atom stereocenters. The maximum absolute atomic E-state index is 12.9. The maximum Gasteiger partial charge on any atom is 0.417 e. The molecule has 2 aromatic rings. The van der Waals surface area contributed by atoms with Gasteiger partial charge in [-0.25, -0.2) is 0 Å². The molecule has 0 bridgehead atoms. The van der Waals surface area contributed by atoms with Gasteiger partial charge in [-0.2, -0.15) is 26.3 Å². The van der Waals surface area contributed by atoms with E-state index in [1.807, 2.05) is 26.0 Å². The lowest BCUT2D eigenvalue weighted by Crippen LogP contribution is -2.32. The summed E-state index contributed by atoms with van der Waals surface area (Å²) in [5.74, 6) is 5.14. The smallest absolute Gasteiger partial charge is 0.417 e. The number of thiophene rings is 1. The Morgan fingerprint density at radius 1 is 0.966 bits per heavy atom. The van der Waals surface area contributed by atoms with Crippen LogP contribution in [0.2, 0.25) is 0 Å². The summed E-state index contributed by atoms with van der Waals surface area (Å²) in [7, 11) is 0. The zero-order valence-electron chi connectivity index (χ0n) is 15.7. The standard InChI is InChI=1S/C20H19F6NOS/c1-18(2,27)10-9-15-7-6-14(29-15)4-3-11-28-13-5-8-16(19(21,22)23)17(12-13)20(24,25)26/h5-8,12H,9-11,27H2,1-2H3. The molecule has 0 spiro atoms. The molecule has 29 heavy (non-hydrogen) atoms. The fourth-order valence-corrected chi connectivity index (χ4v) is 3.24. The van der Waals surface area contributed by atoms with Gasteiger partial charge in [0, 0.05) is 10.4 Å². The SMILES string of the molecule is CC(C)(N)CCc1ccc(C#CCOc2ccc(C(F)(F)F)c(C(F)(F)F)c2)s1. The lowest BCUT2D eigenvalue weighted by atomic mass is 10.00. The molecule has 0 saturated carbocycles. The zero-order valence-corrected chi connectivity index (χ0v) is 16.5. The van der Waals surface area contributed by atoms with Crippen molar-refractivity contribution in [2.24, 2.45) is 5.73 Å². The first-order valence-corrected chi connectivity index (χ1v) is 9.35. The average Bonchev–Trinajstić information content (AvgIpc) is 3.02. The number of hydrogen-bond acceptors (Lipinski definition) is 3. The van der Waals surface area contributed by atoms with Crippen molar-refractivity contribution in [1.29, 1.82) is 0 Å². The van der Waals surface area contributed by atoms with Crippen LogP contribution in [0.4, 0.5) is 26.3 Å². The second-order valence-electron chi connectivity index (χ2n) is 7.05. The fourth-order valence-electron chi connectivity index (χ4n) is 2.36. The normalized spacial score (nSPS) is 12.4. The Balaban J connectivity index is 2.02. The van der Waals surface area contributed by atoms with Crippen LogP contribution in [0.15, 0.2) is 30.3 Å². The highest BCUT2D eigenvalue weighted by Gasteiger charge is 2.43. The van der Waals surface area contributed by atoms with Crippen molar-refractivity contribution in [1.82, 2.24) is 0 Å². The number of aryl methyl sites for hydroxylation is 1. The first-order chi connectivity index (χ1) is 13.3. The van der Waals surface area contributed by atoms with Gasteiger partial charge in [-0.15, -0.1) is 11.3 Å². The molecule has 2 N–H and O–H groups in total. The summed E-state index contributed by atoms with van der Waals surface area (Å²) in [6, 6.07) is 5.28. The third-order valence-corrected chi connectivity index (χ3v) is 4.86. The average molecular weight is 435 g/mol. The van der Waals surface area contributed by atoms with Gasteiger partial charge in [0.2, 0.25) is 0 Å². The van der Waals surface area contributed by atoms with Gasteiger partial charge >= 0.3 is 12.4 Å². The van der Waals surface area contributed by atoms with E-state index in [0.29, 0.717) is 12.1 Å². The topological polar surface area (TPSA) is 35.2 Å². The highest BCUT2D eigenvalue weighted by Crippen LogP contribution is 2.41. The van der Waals surface area contributed by atoms with E-state index >= 15 is 0 Å². The van der Waals surface area contributed by atoms with Crippen LogP contribution < -0.4 is 10.5 Å². The van der Waals surface area contributed by atoms with Gasteiger partial charge in [-0.1, -0.05) is 11.8 Å². The molecule has 0 aliphatic carbocycles. The number of ether oxygens (including phenoxy) is 1. The van der Waals surface area contributed by atoms with Gasteiger partial charge in [-0.3, -0.25) is 0 Å². The van der Waals surface area contributed by atoms with Crippen molar-refractivity contribution in [3.8, 4) is 17.6 Å². The second-order valence-corrected chi connectivity index (χ2v) is 8.22. The quantitative estimate of drug-likeness (QED) is 0.470. The molecule has 1 aromatic heterocycles. The highest BCUT2D eigenvalue weighted by atomic mass is 32.1. The minimum absolute atomic E-state index is 0.258. The lowest BCUT2D eigenvalue weighted by molar-refractivity contribution is -0.162. The number of nitrogens with two attached hydrogens (primary N) is 1. The number of benzene rings is 1. The van der Waals surface area contributed by atoms with Gasteiger partial charge in [0.05, 0.1) is 16.0 Å². The molecule has 158 valence electrons. The Labute approximate surface area is 168 Å². The summed E-state index contributed by atoms with van der Waals surface area (Å²) in [4.78, 5) is 1.85. The van der Waals surface area contributed by atoms with E-state index in [4.69, 9.17) is 10.5 Å². The first kappa shape index (κ1) is 23.1. The monoisotopic (exact) mass is 435 g/mol. The Morgan fingerprint density at radius 3 is 2.21 bits per heavy atom. The molecule has 9 heteroatoms. The molecule has 0 radical (unpaired) electrons. The minimum atomic E-state index is -5.15. The van der Waals surface area contributed by atoms with Crippen molar-refractivity contribution in [2.75, 3.05) is 6.61 Å². The molecule has 0 amide bonds. The van der Waals surface area contributed by atoms with Crippen molar-refractivity contribution in [2.45, 2.75) is 44.6 Å². The molecule has 0 aliphatic rings. The summed E-state index contributed by atoms with van der Waals surface area (Å²) in [5, 5.41) is 0. The summed E-state index contributed by atoms with van der Waals surface area (Å²) in [6.07, 6.45) is -8.66. The molecule has 0 fully saturated rings. The van der Waals surface area contributed by atoms with Gasteiger partial charge < -0.3 is 10.5 Å². The van der Waals surface area contributed by atoms with E-state index < -0.39 is 23.5 Å². The second kappa shape index (κ2) is 8.67. The predicted molar refractivity (Wildman–Crippen MR) is 99.7 cm³/mol. The summed E-state index contributed by atoms with van der Waals surface area (Å²) < 4.78 is 82.1. The molecule has 1 heterocycles. The number of rotatable bonds is 5. The van der Waals surface area contributed by atoms with Gasteiger partial charge in [0.25, 0.3) is 0 Å². The summed E-state index contributed by atoms with van der Waals surface area (Å²) >= 11 is 1.47. The predicted octanol–water partition coefficient (Wildman–Crippen LogP) is 5.89. The van der Waals surface area contributed by atoms with Crippen molar-refractivity contribution < 1.29 is 31.1 Å². The van der Waals surface area contributed by atoms with E-state index in [9.17, 15) is 26.3 Å². The molecular weight excluding hydrogens is 416 g/mol. The van der Waals surface area contributed by atoms with Crippen LogP contribution >= 0.6 is 11.3 Å². The van der Waals surface area contributed by atoms with Gasteiger partial charge in [-0.05, 0) is 57.0 Å². The van der Waals surface area contributed by atoms with E-state index in [0.717, 1.165) is 28.7 Å². The summed E-state index contributed by atoms with van der Waals surface area (Å²) in [5.41, 5.74) is 2.12. The maximum atomic E-state index is 12.9. The molecule has 0 atom stereocenters. The van der Waals surface area contributed by atoms with Crippen LogP contribution in [0, 0.1) is 11.8 Å². The molecule has 2 rings (SSSR count). The third kappa shape index (κ3) is 7.29. The van der Waals surface area contributed by atoms with E-state index in [1.54, 1.807) is 0 Å². The van der Waals surface area contributed by atoms with Crippen LogP contribution in [0.1, 0.15) is 41.1 Å². The van der Waals surface area contributed by atoms with E-state index in [1.165, 1.54) is 11.3 Å². The molecule has 2 nitrogen and oxygen atoms in total. The van der Waals surface area contributed by atoms with Crippen molar-refractivity contribution in [3.05, 3.63) is 51.2 Å². The van der Waals surface area contributed by atoms with Crippen LogP contribution in [0.5, 0.6) is 5.75 Å². The Kier molecular flexibility index (Phi) is 6.91.